The van der Waals surface area contributed by atoms with E-state index in [0.29, 0.717) is 12.4 Å². The molecule has 0 aliphatic heterocycles. The lowest BCUT2D eigenvalue weighted by Crippen LogP contribution is -2.02. The van der Waals surface area contributed by atoms with Gasteiger partial charge in [-0.15, -0.1) is 0 Å². The number of ether oxygens (including phenoxy) is 1. The van der Waals surface area contributed by atoms with E-state index in [9.17, 15) is 0 Å². The van der Waals surface area contributed by atoms with Crippen LogP contribution in [0.1, 0.15) is 17.0 Å². The van der Waals surface area contributed by atoms with Crippen molar-refractivity contribution in [1.29, 1.82) is 0 Å². The summed E-state index contributed by atoms with van der Waals surface area (Å²) in [5.41, 5.74) is 5.65. The van der Waals surface area contributed by atoms with Crippen molar-refractivity contribution in [2.24, 2.45) is 0 Å². The van der Waals surface area contributed by atoms with Gasteiger partial charge in [0.05, 0.1) is 30.7 Å². The van der Waals surface area contributed by atoms with Crippen LogP contribution in [-0.4, -0.2) is 32.0 Å². The Morgan fingerprint density at radius 1 is 1.04 bits per heavy atom. The maximum atomic E-state index is 5.23. The van der Waals surface area contributed by atoms with Gasteiger partial charge in [-0.25, -0.2) is 9.97 Å². The highest BCUT2D eigenvalue weighted by molar-refractivity contribution is 5.69. The highest BCUT2D eigenvalue weighted by Gasteiger charge is 2.11. The molecule has 0 saturated heterocycles. The maximum Gasteiger partial charge on any atom is 0.216 e. The zero-order chi connectivity index (χ0) is 18.8. The number of rotatable bonds is 5. The summed E-state index contributed by atoms with van der Waals surface area (Å²) in [4.78, 5) is 8.39. The van der Waals surface area contributed by atoms with Gasteiger partial charge >= 0.3 is 0 Å². The van der Waals surface area contributed by atoms with E-state index < -0.39 is 0 Å². The maximum absolute atomic E-state index is 5.23. The Morgan fingerprint density at radius 2 is 1.85 bits per heavy atom. The summed E-state index contributed by atoms with van der Waals surface area (Å²) in [6, 6.07) is 11.9. The molecule has 7 nitrogen and oxygen atoms in total. The normalized spacial score (nSPS) is 10.9. The fourth-order valence-corrected chi connectivity index (χ4v) is 2.94. The summed E-state index contributed by atoms with van der Waals surface area (Å²) in [6.45, 7) is 4.49. The van der Waals surface area contributed by atoms with Gasteiger partial charge in [0, 0.05) is 29.0 Å². The Labute approximate surface area is 156 Å². The number of aryl methyl sites for hydroxylation is 2. The first-order valence-electron chi connectivity index (χ1n) is 8.56. The predicted molar refractivity (Wildman–Crippen MR) is 100 cm³/mol. The standard InChI is InChI=1S/C20H19N5O2/c1-13-17(14(2)27-24-13)11-25-8-7-18(23-25)15-5-4-6-16(9-15)19-10-20(26-3)22-12-21-19/h4-10,12H,11H2,1-3H3. The molecule has 4 rings (SSSR count). The molecule has 0 fully saturated rings. The molecule has 136 valence electrons. The van der Waals surface area contributed by atoms with Gasteiger partial charge in [-0.1, -0.05) is 23.4 Å². The lowest BCUT2D eigenvalue weighted by Gasteiger charge is -2.05. The molecule has 0 aliphatic rings. The van der Waals surface area contributed by atoms with Crippen LogP contribution in [-0.2, 0) is 6.54 Å². The Balaban J connectivity index is 1.62. The Bertz CT molecular complexity index is 1060. The number of nitrogens with zero attached hydrogens (tertiary/aromatic N) is 5. The second-order valence-electron chi connectivity index (χ2n) is 6.23. The summed E-state index contributed by atoms with van der Waals surface area (Å²) >= 11 is 0. The molecular weight excluding hydrogens is 342 g/mol. The summed E-state index contributed by atoms with van der Waals surface area (Å²) in [5, 5.41) is 8.69. The van der Waals surface area contributed by atoms with Crippen LogP contribution >= 0.6 is 0 Å². The van der Waals surface area contributed by atoms with E-state index in [1.807, 2.05) is 55.1 Å². The van der Waals surface area contributed by atoms with E-state index >= 15 is 0 Å². The SMILES string of the molecule is COc1cc(-c2cccc(-c3ccn(Cc4c(C)noc4C)n3)c2)ncn1. The van der Waals surface area contributed by atoms with Gasteiger partial charge in [-0.3, -0.25) is 4.68 Å². The van der Waals surface area contributed by atoms with E-state index in [-0.39, 0.29) is 0 Å². The minimum Gasteiger partial charge on any atom is -0.481 e. The van der Waals surface area contributed by atoms with Crippen LogP contribution in [0.4, 0.5) is 0 Å². The third kappa shape index (κ3) is 3.44. The van der Waals surface area contributed by atoms with E-state index in [2.05, 4.69) is 21.2 Å². The van der Waals surface area contributed by atoms with Crippen molar-refractivity contribution in [3.63, 3.8) is 0 Å². The molecule has 0 spiro atoms. The van der Waals surface area contributed by atoms with Gasteiger partial charge in [0.2, 0.25) is 5.88 Å². The smallest absolute Gasteiger partial charge is 0.216 e. The molecule has 3 aromatic heterocycles. The van der Waals surface area contributed by atoms with Gasteiger partial charge < -0.3 is 9.26 Å². The van der Waals surface area contributed by atoms with Crippen molar-refractivity contribution in [2.45, 2.75) is 20.4 Å². The topological polar surface area (TPSA) is 78.9 Å². The lowest BCUT2D eigenvalue weighted by molar-refractivity contribution is 0.391. The number of methoxy groups -OCH3 is 1. The molecule has 4 aromatic rings. The average molecular weight is 361 g/mol. The summed E-state index contributed by atoms with van der Waals surface area (Å²) in [6.07, 6.45) is 3.46. The zero-order valence-corrected chi connectivity index (χ0v) is 15.4. The fourth-order valence-electron chi connectivity index (χ4n) is 2.94. The third-order valence-corrected chi connectivity index (χ3v) is 4.45. The predicted octanol–water partition coefficient (Wildman–Crippen LogP) is 3.67. The fraction of sp³-hybridized carbons (Fsp3) is 0.200. The van der Waals surface area contributed by atoms with Crippen molar-refractivity contribution in [1.82, 2.24) is 24.9 Å². The highest BCUT2D eigenvalue weighted by Crippen LogP contribution is 2.25. The van der Waals surface area contributed by atoms with Gasteiger partial charge in [-0.2, -0.15) is 5.10 Å². The summed E-state index contributed by atoms with van der Waals surface area (Å²) in [5.74, 6) is 1.36. The first-order chi connectivity index (χ1) is 13.1. The molecule has 0 atom stereocenters. The molecule has 0 aliphatic carbocycles. The second kappa shape index (κ2) is 7.03. The molecule has 0 radical (unpaired) electrons. The largest absolute Gasteiger partial charge is 0.481 e. The quantitative estimate of drug-likeness (QED) is 0.540. The van der Waals surface area contributed by atoms with Crippen LogP contribution in [0.5, 0.6) is 5.88 Å². The minimum absolute atomic E-state index is 0.536. The monoisotopic (exact) mass is 361 g/mol. The van der Waals surface area contributed by atoms with Crippen molar-refractivity contribution < 1.29 is 9.26 Å². The Morgan fingerprint density at radius 3 is 2.59 bits per heavy atom. The van der Waals surface area contributed by atoms with E-state index in [4.69, 9.17) is 14.4 Å². The van der Waals surface area contributed by atoms with Crippen molar-refractivity contribution >= 4 is 0 Å². The Kier molecular flexibility index (Phi) is 4.42. The number of aromatic nitrogens is 5. The second-order valence-corrected chi connectivity index (χ2v) is 6.23. The molecule has 27 heavy (non-hydrogen) atoms. The zero-order valence-electron chi connectivity index (χ0n) is 15.4. The Hall–Kier alpha value is -3.48. The number of benzene rings is 1. The minimum atomic E-state index is 0.536. The molecule has 7 heteroatoms. The van der Waals surface area contributed by atoms with Gasteiger partial charge in [0.15, 0.2) is 0 Å². The van der Waals surface area contributed by atoms with Crippen LogP contribution in [0.15, 0.2) is 53.4 Å². The van der Waals surface area contributed by atoms with Gasteiger partial charge in [0.1, 0.15) is 12.1 Å². The molecule has 1 aromatic carbocycles. The van der Waals surface area contributed by atoms with E-state index in [0.717, 1.165) is 39.5 Å². The molecule has 0 N–H and O–H groups in total. The summed E-state index contributed by atoms with van der Waals surface area (Å²) < 4.78 is 12.3. The van der Waals surface area contributed by atoms with Crippen LogP contribution in [0.3, 0.4) is 0 Å². The average Bonchev–Trinajstić information content (AvgIpc) is 3.30. The lowest BCUT2D eigenvalue weighted by atomic mass is 10.1. The molecule has 0 saturated carbocycles. The van der Waals surface area contributed by atoms with Crippen LogP contribution in [0, 0.1) is 13.8 Å². The third-order valence-electron chi connectivity index (χ3n) is 4.45. The van der Waals surface area contributed by atoms with Crippen molar-refractivity contribution in [3.05, 3.63) is 65.9 Å². The first kappa shape index (κ1) is 17.0. The molecule has 3 heterocycles. The van der Waals surface area contributed by atoms with Crippen molar-refractivity contribution in [3.8, 4) is 28.4 Å². The van der Waals surface area contributed by atoms with Gasteiger partial charge in [-0.05, 0) is 26.0 Å². The van der Waals surface area contributed by atoms with Crippen LogP contribution < -0.4 is 4.74 Å². The molecule has 0 amide bonds. The first-order valence-corrected chi connectivity index (χ1v) is 8.56. The van der Waals surface area contributed by atoms with E-state index in [1.165, 1.54) is 6.33 Å². The van der Waals surface area contributed by atoms with Gasteiger partial charge in [0.25, 0.3) is 0 Å². The molecule has 0 bridgehead atoms. The molecule has 0 unspecified atom stereocenters. The van der Waals surface area contributed by atoms with Crippen LogP contribution in [0.2, 0.25) is 0 Å². The van der Waals surface area contributed by atoms with E-state index in [1.54, 1.807) is 7.11 Å². The summed E-state index contributed by atoms with van der Waals surface area (Å²) in [7, 11) is 1.59. The van der Waals surface area contributed by atoms with Crippen LogP contribution in [0.25, 0.3) is 22.5 Å². The van der Waals surface area contributed by atoms with Crippen molar-refractivity contribution in [2.75, 3.05) is 7.11 Å². The highest BCUT2D eigenvalue weighted by atomic mass is 16.5. The molecular formula is C20H19N5O2. The number of hydrogen-bond donors (Lipinski definition) is 0. The number of hydrogen-bond acceptors (Lipinski definition) is 6.